The standard InChI is InChI=1S/C11H24FNOSi/c1-11(2,3)15(4,5)14-10-6-7-13-8-9(10)12/h9-10,13H,6-8H2,1-5H3. The first kappa shape index (κ1) is 13.1. The minimum atomic E-state index is -1.80. The van der Waals surface area contributed by atoms with Crippen LogP contribution in [-0.2, 0) is 4.43 Å². The van der Waals surface area contributed by atoms with Crippen molar-refractivity contribution in [2.75, 3.05) is 13.1 Å². The van der Waals surface area contributed by atoms with E-state index in [0.717, 1.165) is 13.0 Å². The molecule has 0 bridgehead atoms. The summed E-state index contributed by atoms with van der Waals surface area (Å²) in [6.45, 7) is 12.2. The number of alkyl halides is 1. The second-order valence-electron chi connectivity index (χ2n) is 5.93. The first-order valence-electron chi connectivity index (χ1n) is 5.76. The molecule has 1 fully saturated rings. The van der Waals surface area contributed by atoms with Crippen LogP contribution in [0.2, 0.25) is 18.1 Å². The lowest BCUT2D eigenvalue weighted by molar-refractivity contribution is 0.0617. The van der Waals surface area contributed by atoms with Crippen LogP contribution in [0, 0.1) is 0 Å². The number of piperidine rings is 1. The third-order valence-electron chi connectivity index (χ3n) is 3.60. The second kappa shape index (κ2) is 4.51. The molecule has 4 heteroatoms. The van der Waals surface area contributed by atoms with Gasteiger partial charge in [0.05, 0.1) is 6.10 Å². The first-order chi connectivity index (χ1) is 6.74. The summed E-state index contributed by atoms with van der Waals surface area (Å²) in [6, 6.07) is 0. The molecule has 2 unspecified atom stereocenters. The Balaban J connectivity index is 2.59. The molecule has 0 aromatic heterocycles. The maximum atomic E-state index is 13.6. The Morgan fingerprint density at radius 2 is 1.93 bits per heavy atom. The molecule has 15 heavy (non-hydrogen) atoms. The molecule has 1 aliphatic heterocycles. The second-order valence-corrected chi connectivity index (χ2v) is 10.7. The fourth-order valence-corrected chi connectivity index (χ4v) is 2.86. The van der Waals surface area contributed by atoms with Gasteiger partial charge in [-0.3, -0.25) is 0 Å². The predicted molar refractivity (Wildman–Crippen MR) is 64.5 cm³/mol. The van der Waals surface area contributed by atoms with Crippen molar-refractivity contribution >= 4 is 8.32 Å². The van der Waals surface area contributed by atoms with E-state index in [9.17, 15) is 4.39 Å². The topological polar surface area (TPSA) is 21.3 Å². The fourth-order valence-electron chi connectivity index (χ4n) is 1.48. The number of halogens is 1. The van der Waals surface area contributed by atoms with Gasteiger partial charge >= 0.3 is 0 Å². The van der Waals surface area contributed by atoms with E-state index in [1.807, 2.05) is 0 Å². The molecule has 0 saturated carbocycles. The molecule has 0 amide bonds. The quantitative estimate of drug-likeness (QED) is 0.741. The predicted octanol–water partition coefficient (Wildman–Crippen LogP) is 2.71. The van der Waals surface area contributed by atoms with Gasteiger partial charge in [0, 0.05) is 6.54 Å². The van der Waals surface area contributed by atoms with Crippen molar-refractivity contribution in [3.63, 3.8) is 0 Å². The average Bonchev–Trinajstić information content (AvgIpc) is 2.06. The first-order valence-corrected chi connectivity index (χ1v) is 8.67. The smallest absolute Gasteiger partial charge is 0.192 e. The van der Waals surface area contributed by atoms with E-state index in [-0.39, 0.29) is 11.1 Å². The molecule has 1 rings (SSSR count). The summed E-state index contributed by atoms with van der Waals surface area (Å²) in [5.41, 5.74) is 0. The van der Waals surface area contributed by atoms with Crippen molar-refractivity contribution in [1.82, 2.24) is 5.32 Å². The van der Waals surface area contributed by atoms with Crippen molar-refractivity contribution in [2.45, 2.75) is 57.6 Å². The lowest BCUT2D eigenvalue weighted by Gasteiger charge is -2.41. The third-order valence-corrected chi connectivity index (χ3v) is 8.10. The molecule has 0 aromatic rings. The van der Waals surface area contributed by atoms with Crippen molar-refractivity contribution in [1.29, 1.82) is 0 Å². The average molecular weight is 233 g/mol. The van der Waals surface area contributed by atoms with Crippen LogP contribution in [0.1, 0.15) is 27.2 Å². The molecule has 1 saturated heterocycles. The Morgan fingerprint density at radius 1 is 1.33 bits per heavy atom. The van der Waals surface area contributed by atoms with E-state index in [0.29, 0.717) is 6.54 Å². The molecule has 0 radical (unpaired) electrons. The number of hydrogen-bond donors (Lipinski definition) is 1. The number of nitrogens with one attached hydrogen (secondary N) is 1. The molecule has 2 atom stereocenters. The van der Waals surface area contributed by atoms with E-state index >= 15 is 0 Å². The van der Waals surface area contributed by atoms with Gasteiger partial charge < -0.3 is 9.74 Å². The Labute approximate surface area is 93.7 Å². The van der Waals surface area contributed by atoms with Crippen molar-refractivity contribution < 1.29 is 8.82 Å². The Hall–Kier alpha value is 0.0669. The summed E-state index contributed by atoms with van der Waals surface area (Å²) in [5.74, 6) is 0. The largest absolute Gasteiger partial charge is 0.411 e. The summed E-state index contributed by atoms with van der Waals surface area (Å²) in [6.07, 6.45) is -0.228. The van der Waals surface area contributed by atoms with Crippen LogP contribution in [0.4, 0.5) is 4.39 Å². The van der Waals surface area contributed by atoms with Crippen LogP contribution < -0.4 is 5.32 Å². The van der Waals surface area contributed by atoms with Crippen LogP contribution in [0.15, 0.2) is 0 Å². The van der Waals surface area contributed by atoms with Gasteiger partial charge in [-0.05, 0) is 31.1 Å². The van der Waals surface area contributed by atoms with Crippen LogP contribution in [-0.4, -0.2) is 33.7 Å². The third kappa shape index (κ3) is 3.26. The van der Waals surface area contributed by atoms with Gasteiger partial charge in [-0.25, -0.2) is 4.39 Å². The fraction of sp³-hybridized carbons (Fsp3) is 1.00. The highest BCUT2D eigenvalue weighted by molar-refractivity contribution is 6.74. The van der Waals surface area contributed by atoms with Crippen molar-refractivity contribution in [3.8, 4) is 0 Å². The molecular formula is C11H24FNOSi. The minimum Gasteiger partial charge on any atom is -0.411 e. The minimum absolute atomic E-state index is 0.164. The highest BCUT2D eigenvalue weighted by atomic mass is 28.4. The number of rotatable bonds is 2. The van der Waals surface area contributed by atoms with E-state index in [1.54, 1.807) is 0 Å². The zero-order valence-electron chi connectivity index (χ0n) is 10.6. The van der Waals surface area contributed by atoms with Crippen LogP contribution in [0.3, 0.4) is 0 Å². The SMILES string of the molecule is CC(C)(C)[Si](C)(C)OC1CCNCC1F. The molecule has 1 N–H and O–H groups in total. The van der Waals surface area contributed by atoms with Gasteiger partial charge in [0.25, 0.3) is 0 Å². The molecule has 0 aromatic carbocycles. The monoisotopic (exact) mass is 233 g/mol. The van der Waals surface area contributed by atoms with Gasteiger partial charge in [0.15, 0.2) is 8.32 Å². The molecule has 1 aliphatic rings. The zero-order valence-corrected chi connectivity index (χ0v) is 11.6. The summed E-state index contributed by atoms with van der Waals surface area (Å²) in [5, 5.41) is 3.21. The zero-order chi connectivity index (χ0) is 11.7. The van der Waals surface area contributed by atoms with Crippen LogP contribution >= 0.6 is 0 Å². The maximum Gasteiger partial charge on any atom is 0.192 e. The number of hydrogen-bond acceptors (Lipinski definition) is 2. The lowest BCUT2D eigenvalue weighted by atomic mass is 10.1. The molecule has 1 heterocycles. The molecular weight excluding hydrogens is 209 g/mol. The molecule has 0 spiro atoms. The Bertz CT molecular complexity index is 215. The summed E-state index contributed by atoms with van der Waals surface area (Å²) < 4.78 is 19.7. The summed E-state index contributed by atoms with van der Waals surface area (Å²) in [7, 11) is -1.80. The van der Waals surface area contributed by atoms with Crippen LogP contribution in [0.25, 0.3) is 0 Å². The Kier molecular flexibility index (Phi) is 3.95. The summed E-state index contributed by atoms with van der Waals surface area (Å²) >= 11 is 0. The van der Waals surface area contributed by atoms with Crippen LogP contribution in [0.5, 0.6) is 0 Å². The van der Waals surface area contributed by atoms with Gasteiger partial charge in [-0.1, -0.05) is 20.8 Å². The van der Waals surface area contributed by atoms with E-state index in [2.05, 4.69) is 39.2 Å². The van der Waals surface area contributed by atoms with Gasteiger partial charge in [0.1, 0.15) is 6.17 Å². The maximum absolute atomic E-state index is 13.6. The van der Waals surface area contributed by atoms with Crippen molar-refractivity contribution in [2.24, 2.45) is 0 Å². The van der Waals surface area contributed by atoms with E-state index in [1.165, 1.54) is 0 Å². The van der Waals surface area contributed by atoms with Gasteiger partial charge in [0.2, 0.25) is 0 Å². The normalized spacial score (nSPS) is 29.2. The highest BCUT2D eigenvalue weighted by Gasteiger charge is 2.41. The van der Waals surface area contributed by atoms with E-state index < -0.39 is 14.5 Å². The molecule has 2 nitrogen and oxygen atoms in total. The van der Waals surface area contributed by atoms with E-state index in [4.69, 9.17) is 4.43 Å². The molecule has 0 aliphatic carbocycles. The lowest BCUT2D eigenvalue weighted by Crippen LogP contribution is -2.51. The highest BCUT2D eigenvalue weighted by Crippen LogP contribution is 2.38. The summed E-state index contributed by atoms with van der Waals surface area (Å²) in [4.78, 5) is 0. The Morgan fingerprint density at radius 3 is 2.40 bits per heavy atom. The van der Waals surface area contributed by atoms with Crippen molar-refractivity contribution in [3.05, 3.63) is 0 Å². The van der Waals surface area contributed by atoms with Gasteiger partial charge in [-0.2, -0.15) is 0 Å². The van der Waals surface area contributed by atoms with Gasteiger partial charge in [-0.15, -0.1) is 0 Å². The molecule has 90 valence electrons.